The van der Waals surface area contributed by atoms with Crippen LogP contribution in [-0.2, 0) is 28.3 Å². The molecule has 3 aliphatic heterocycles. The molecule has 4 aliphatic carbocycles. The van der Waals surface area contributed by atoms with Crippen LogP contribution in [0.25, 0.3) is 0 Å². The highest BCUT2D eigenvalue weighted by atomic mass is 16.7. The van der Waals surface area contributed by atoms with Crippen molar-refractivity contribution in [2.24, 2.45) is 17.3 Å². The number of carboxylic acid groups (broad SMARTS) is 1. The lowest BCUT2D eigenvalue weighted by Gasteiger charge is -2.64. The van der Waals surface area contributed by atoms with Crippen LogP contribution >= 0.6 is 0 Å². The first kappa shape index (κ1) is 41.6. The second-order valence-corrected chi connectivity index (χ2v) is 20.8. The molecule has 14 nitrogen and oxygen atoms in total. The van der Waals surface area contributed by atoms with Crippen LogP contribution in [0.3, 0.4) is 0 Å². The molecule has 8 atom stereocenters. The van der Waals surface area contributed by atoms with Gasteiger partial charge in [0.1, 0.15) is 40.3 Å². The molecule has 3 heterocycles. The first-order chi connectivity index (χ1) is 26.2. The van der Waals surface area contributed by atoms with Gasteiger partial charge in [-0.1, -0.05) is 19.9 Å². The fraction of sp³-hybridized carbons (Fsp3) is 0.762. The molecule has 8 rings (SSSR count). The van der Waals surface area contributed by atoms with Gasteiger partial charge in [0, 0.05) is 31.5 Å². The maximum Gasteiger partial charge on any atom is 0.514 e. The zero-order valence-electron chi connectivity index (χ0n) is 35.6. The van der Waals surface area contributed by atoms with E-state index in [0.717, 1.165) is 12.8 Å². The Hall–Kier alpha value is -3.56. The van der Waals surface area contributed by atoms with E-state index in [0.29, 0.717) is 36.9 Å². The molecular formula is C42H61BN2O12. The van der Waals surface area contributed by atoms with Gasteiger partial charge in [0.05, 0.1) is 11.7 Å². The molecule has 0 radical (unpaired) electrons. The van der Waals surface area contributed by atoms with E-state index in [1.165, 1.54) is 4.90 Å². The third kappa shape index (κ3) is 8.22. The van der Waals surface area contributed by atoms with Crippen molar-refractivity contribution < 1.29 is 57.3 Å². The number of carbonyl (C=O) groups is 4. The largest absolute Gasteiger partial charge is 0.514 e. The van der Waals surface area contributed by atoms with Crippen molar-refractivity contribution in [1.29, 1.82) is 0 Å². The van der Waals surface area contributed by atoms with Crippen molar-refractivity contribution in [3.8, 4) is 11.5 Å². The highest BCUT2D eigenvalue weighted by molar-refractivity contribution is 6.49. The SMILES string of the molecule is CC(C)(C)OC(=O)Oc1c(C2CC2B2OC3C[C@@H]4C[C@@H](C4(C)C)[C@]3(C)O2)ccc(OC2CN(C3C[C@@H](C(=O)O)N(C(=O)OC(C)(C)C)C3)C2)c1C(=O)OC(C)(C)C. The average Bonchev–Trinajstić information content (AvgIpc) is 3.54. The lowest BCUT2D eigenvalue weighted by atomic mass is 9.43. The second-order valence-electron chi connectivity index (χ2n) is 20.8. The van der Waals surface area contributed by atoms with Crippen molar-refractivity contribution >= 4 is 31.3 Å². The Bertz CT molecular complexity index is 1790. The summed E-state index contributed by atoms with van der Waals surface area (Å²) in [6.07, 6.45) is 1.07. The molecule has 0 spiro atoms. The Morgan fingerprint density at radius 3 is 2.09 bits per heavy atom. The van der Waals surface area contributed by atoms with E-state index >= 15 is 0 Å². The van der Waals surface area contributed by atoms with E-state index in [4.69, 9.17) is 33.0 Å². The highest BCUT2D eigenvalue weighted by Crippen LogP contribution is 2.68. The number of carbonyl (C=O) groups excluding carboxylic acids is 3. The van der Waals surface area contributed by atoms with Gasteiger partial charge in [-0.2, -0.15) is 0 Å². The molecule has 1 aromatic carbocycles. The summed E-state index contributed by atoms with van der Waals surface area (Å²) in [5, 5.41) is 9.92. The molecule has 57 heavy (non-hydrogen) atoms. The summed E-state index contributed by atoms with van der Waals surface area (Å²) < 4.78 is 43.0. The summed E-state index contributed by atoms with van der Waals surface area (Å²) in [5.41, 5.74) is -2.06. The zero-order chi connectivity index (χ0) is 41.8. The van der Waals surface area contributed by atoms with Crippen molar-refractivity contribution in [2.45, 2.75) is 167 Å². The average molecular weight is 797 g/mol. The lowest BCUT2D eigenvalue weighted by molar-refractivity contribution is -0.199. The Morgan fingerprint density at radius 2 is 1.49 bits per heavy atom. The third-order valence-corrected chi connectivity index (χ3v) is 12.8. The first-order valence-corrected chi connectivity index (χ1v) is 20.5. The van der Waals surface area contributed by atoms with Crippen molar-refractivity contribution in [1.82, 2.24) is 9.80 Å². The van der Waals surface area contributed by atoms with E-state index in [-0.39, 0.29) is 71.0 Å². The van der Waals surface area contributed by atoms with Crippen LogP contribution in [0.15, 0.2) is 12.1 Å². The molecule has 7 fully saturated rings. The minimum atomic E-state index is -1.09. The van der Waals surface area contributed by atoms with Crippen LogP contribution in [0, 0.1) is 17.3 Å². The fourth-order valence-electron chi connectivity index (χ4n) is 9.77. The quantitative estimate of drug-likeness (QED) is 0.123. The summed E-state index contributed by atoms with van der Waals surface area (Å²) in [6.45, 7) is 23.6. The fourth-order valence-corrected chi connectivity index (χ4v) is 9.77. The van der Waals surface area contributed by atoms with Crippen molar-refractivity contribution in [3.05, 3.63) is 23.3 Å². The summed E-state index contributed by atoms with van der Waals surface area (Å²) >= 11 is 0. The van der Waals surface area contributed by atoms with Gasteiger partial charge in [-0.25, -0.2) is 19.2 Å². The molecular weight excluding hydrogens is 735 g/mol. The molecule has 1 aromatic rings. The van der Waals surface area contributed by atoms with Crippen LogP contribution in [-0.4, -0.2) is 113 Å². The Labute approximate surface area is 336 Å². The zero-order valence-corrected chi connectivity index (χ0v) is 35.6. The Balaban J connectivity index is 1.13. The number of amides is 1. The number of hydrogen-bond donors (Lipinski definition) is 1. The summed E-state index contributed by atoms with van der Waals surface area (Å²) in [4.78, 5) is 56.0. The maximum absolute atomic E-state index is 14.2. The van der Waals surface area contributed by atoms with Gasteiger partial charge in [0.15, 0.2) is 5.75 Å². The second kappa shape index (κ2) is 14.0. The minimum Gasteiger partial charge on any atom is -0.487 e. The standard InChI is InChI=1S/C42H61BN2O12/c1-38(2,3)53-35(48)32-29(51-24-20-44(21-24)23-17-28(34(46)47)45(19-23)36(49)54-39(4,5)6)14-13-25(33(32)52-37(50)55-40(7,8)9)26-18-27(26)43-56-31-16-22-15-30(41(22,10)11)42(31,12)57-43/h13-14,22-24,26-28,30-31H,15-21H2,1-12H3,(H,46,47)/t22-,23?,26?,27?,28-,30-,31?,42-/m0/s1. The van der Waals surface area contributed by atoms with Gasteiger partial charge < -0.3 is 38.1 Å². The number of hydrogen-bond acceptors (Lipinski definition) is 12. The predicted octanol–water partition coefficient (Wildman–Crippen LogP) is 7.07. The van der Waals surface area contributed by atoms with E-state index in [1.807, 2.05) is 6.07 Å². The van der Waals surface area contributed by atoms with Crippen LogP contribution in [0.1, 0.15) is 131 Å². The monoisotopic (exact) mass is 796 g/mol. The molecule has 3 saturated heterocycles. The van der Waals surface area contributed by atoms with Gasteiger partial charge in [-0.05, 0) is 130 Å². The van der Waals surface area contributed by atoms with E-state index in [2.05, 4.69) is 25.7 Å². The van der Waals surface area contributed by atoms with Gasteiger partial charge >= 0.3 is 31.3 Å². The third-order valence-electron chi connectivity index (χ3n) is 12.8. The number of benzene rings is 1. The molecule has 2 bridgehead atoms. The number of carboxylic acids is 1. The van der Waals surface area contributed by atoms with E-state index < -0.39 is 54.2 Å². The van der Waals surface area contributed by atoms with E-state index in [9.17, 15) is 24.3 Å². The van der Waals surface area contributed by atoms with Gasteiger partial charge in [0.2, 0.25) is 0 Å². The molecule has 0 aromatic heterocycles. The summed E-state index contributed by atoms with van der Waals surface area (Å²) in [7, 11) is -0.432. The number of likely N-dealkylation sites (tertiary alicyclic amines) is 2. The van der Waals surface area contributed by atoms with Crippen LogP contribution < -0.4 is 9.47 Å². The van der Waals surface area contributed by atoms with Gasteiger partial charge in [-0.3, -0.25) is 9.80 Å². The molecule has 7 aliphatic rings. The molecule has 314 valence electrons. The van der Waals surface area contributed by atoms with E-state index in [1.54, 1.807) is 68.4 Å². The van der Waals surface area contributed by atoms with Crippen LogP contribution in [0.2, 0.25) is 5.82 Å². The Kier molecular flexibility index (Phi) is 10.2. The van der Waals surface area contributed by atoms with Gasteiger partial charge in [0.25, 0.3) is 0 Å². The molecule has 1 N–H and O–H groups in total. The number of ether oxygens (including phenoxy) is 5. The number of esters is 1. The lowest BCUT2D eigenvalue weighted by Crippen LogP contribution is -2.65. The topological polar surface area (TPSA) is 160 Å². The number of rotatable bonds is 8. The number of aliphatic carboxylic acids is 1. The number of nitrogens with zero attached hydrogens (tertiary/aromatic N) is 2. The summed E-state index contributed by atoms with van der Waals surface area (Å²) in [6, 6.07) is 2.32. The molecule has 1 amide bonds. The summed E-state index contributed by atoms with van der Waals surface area (Å²) in [5.74, 6) is -0.715. The van der Waals surface area contributed by atoms with Gasteiger partial charge in [-0.15, -0.1) is 0 Å². The van der Waals surface area contributed by atoms with Crippen LogP contribution in [0.5, 0.6) is 11.5 Å². The van der Waals surface area contributed by atoms with Crippen molar-refractivity contribution in [2.75, 3.05) is 19.6 Å². The predicted molar refractivity (Wildman–Crippen MR) is 208 cm³/mol. The van der Waals surface area contributed by atoms with Crippen LogP contribution in [0.4, 0.5) is 9.59 Å². The minimum absolute atomic E-state index is 0.0169. The smallest absolute Gasteiger partial charge is 0.487 e. The maximum atomic E-state index is 14.2. The molecule has 15 heteroatoms. The Morgan fingerprint density at radius 1 is 0.842 bits per heavy atom. The normalized spacial score (nSPS) is 32.1. The highest BCUT2D eigenvalue weighted by Gasteiger charge is 2.70. The van der Waals surface area contributed by atoms with Crippen molar-refractivity contribution in [3.63, 3.8) is 0 Å². The first-order valence-electron chi connectivity index (χ1n) is 20.5. The molecule has 4 saturated carbocycles. The molecule has 4 unspecified atom stereocenters.